The van der Waals surface area contributed by atoms with E-state index in [1.54, 1.807) is 25.1 Å². The van der Waals surface area contributed by atoms with Crippen LogP contribution >= 0.6 is 23.2 Å². The minimum absolute atomic E-state index is 0.187. The summed E-state index contributed by atoms with van der Waals surface area (Å²) >= 11 is 11.8. The van der Waals surface area contributed by atoms with Gasteiger partial charge in [0.15, 0.2) is 0 Å². The average molecular weight is 344 g/mol. The monoisotopic (exact) mass is 343 g/mol. The number of benzene rings is 1. The van der Waals surface area contributed by atoms with Gasteiger partial charge in [-0.05, 0) is 43.4 Å². The van der Waals surface area contributed by atoms with Crippen molar-refractivity contribution in [1.29, 1.82) is 0 Å². The molecule has 1 aliphatic carbocycles. The first-order valence-electron chi connectivity index (χ1n) is 7.09. The van der Waals surface area contributed by atoms with Crippen LogP contribution in [0.3, 0.4) is 0 Å². The fourth-order valence-electron chi connectivity index (χ4n) is 3.15. The molecule has 0 saturated heterocycles. The largest absolute Gasteiger partial charge is 0.481 e. The molecule has 1 fully saturated rings. The smallest absolute Gasteiger partial charge is 0.309 e. The minimum Gasteiger partial charge on any atom is -0.481 e. The summed E-state index contributed by atoms with van der Waals surface area (Å²) in [5.41, 5.74) is -0.995. The Hall–Kier alpha value is -1.26. The number of amides is 1. The lowest BCUT2D eigenvalue weighted by molar-refractivity contribution is -0.154. The van der Waals surface area contributed by atoms with Crippen molar-refractivity contribution in [3.05, 3.63) is 28.2 Å². The average Bonchev–Trinajstić information content (AvgIpc) is 2.66. The Morgan fingerprint density at radius 1 is 1.23 bits per heavy atom. The molecular weight excluding hydrogens is 325 g/mol. The molecule has 120 valence electrons. The molecule has 1 aromatic rings. The van der Waals surface area contributed by atoms with Crippen LogP contribution in [0.1, 0.15) is 33.6 Å². The maximum atomic E-state index is 12.6. The molecule has 1 saturated carbocycles. The van der Waals surface area contributed by atoms with E-state index in [9.17, 15) is 14.7 Å². The Bertz CT molecular complexity index is 630. The summed E-state index contributed by atoms with van der Waals surface area (Å²) in [5.74, 6) is -1.42. The summed E-state index contributed by atoms with van der Waals surface area (Å²) in [4.78, 5) is 24.1. The predicted octanol–water partition coefficient (Wildman–Crippen LogP) is 4.46. The van der Waals surface area contributed by atoms with Crippen molar-refractivity contribution in [2.75, 3.05) is 5.32 Å². The zero-order valence-electron chi connectivity index (χ0n) is 12.7. The number of aliphatic carboxylic acids is 1. The summed E-state index contributed by atoms with van der Waals surface area (Å²) in [7, 11) is 0. The topological polar surface area (TPSA) is 66.4 Å². The lowest BCUT2D eigenvalue weighted by atomic mass is 9.65. The third-order valence-electron chi connectivity index (χ3n) is 5.20. The van der Waals surface area contributed by atoms with E-state index in [0.29, 0.717) is 28.6 Å². The zero-order chi connectivity index (χ0) is 16.7. The molecule has 6 heteroatoms. The Balaban J connectivity index is 2.20. The van der Waals surface area contributed by atoms with Crippen LogP contribution in [0, 0.1) is 16.7 Å². The molecule has 1 amide bonds. The number of anilines is 1. The molecule has 2 rings (SSSR count). The fraction of sp³-hybridized carbons (Fsp3) is 0.500. The van der Waals surface area contributed by atoms with Gasteiger partial charge in [-0.3, -0.25) is 9.59 Å². The lowest BCUT2D eigenvalue weighted by Crippen LogP contribution is -2.43. The highest BCUT2D eigenvalue weighted by Crippen LogP contribution is 2.56. The second-order valence-electron chi connectivity index (χ2n) is 6.57. The number of carbonyl (C=O) groups is 2. The van der Waals surface area contributed by atoms with E-state index in [1.165, 1.54) is 0 Å². The van der Waals surface area contributed by atoms with Crippen molar-refractivity contribution in [3.63, 3.8) is 0 Å². The van der Waals surface area contributed by atoms with E-state index in [-0.39, 0.29) is 11.8 Å². The van der Waals surface area contributed by atoms with Gasteiger partial charge in [-0.25, -0.2) is 0 Å². The standard InChI is InChI=1S/C16H19Cl2NO3/c1-15(2)10(6-7-16(15,3)14(21)22)13(20)19-9-4-5-11(17)12(18)8-9/h4-5,8,10H,6-7H2,1-3H3,(H,19,20)(H,21,22)/t10-,16-/m0/s1. The van der Waals surface area contributed by atoms with Crippen LogP contribution < -0.4 is 5.32 Å². The molecule has 0 spiro atoms. The normalized spacial score (nSPS) is 26.7. The molecule has 0 bridgehead atoms. The van der Waals surface area contributed by atoms with Gasteiger partial charge < -0.3 is 10.4 Å². The van der Waals surface area contributed by atoms with E-state index in [4.69, 9.17) is 23.2 Å². The number of carboxylic acid groups (broad SMARTS) is 1. The minimum atomic E-state index is -0.910. The summed E-state index contributed by atoms with van der Waals surface area (Å²) in [6.07, 6.45) is 1.03. The van der Waals surface area contributed by atoms with Gasteiger partial charge in [0, 0.05) is 11.6 Å². The lowest BCUT2D eigenvalue weighted by Gasteiger charge is -2.37. The van der Waals surface area contributed by atoms with E-state index in [2.05, 4.69) is 5.32 Å². The van der Waals surface area contributed by atoms with Crippen LogP contribution in [-0.4, -0.2) is 17.0 Å². The van der Waals surface area contributed by atoms with Crippen LogP contribution in [0.15, 0.2) is 18.2 Å². The first-order chi connectivity index (χ1) is 10.1. The predicted molar refractivity (Wildman–Crippen MR) is 87.3 cm³/mol. The quantitative estimate of drug-likeness (QED) is 0.851. The first-order valence-corrected chi connectivity index (χ1v) is 7.84. The van der Waals surface area contributed by atoms with Gasteiger partial charge in [-0.2, -0.15) is 0 Å². The Morgan fingerprint density at radius 2 is 1.86 bits per heavy atom. The molecular formula is C16H19Cl2NO3. The van der Waals surface area contributed by atoms with E-state index < -0.39 is 16.8 Å². The van der Waals surface area contributed by atoms with Crippen LogP contribution in [-0.2, 0) is 9.59 Å². The third kappa shape index (κ3) is 2.70. The van der Waals surface area contributed by atoms with Crippen molar-refractivity contribution < 1.29 is 14.7 Å². The third-order valence-corrected chi connectivity index (χ3v) is 5.94. The van der Waals surface area contributed by atoms with Gasteiger partial charge in [-0.1, -0.05) is 37.0 Å². The Kier molecular flexibility index (Phi) is 4.46. The Labute approximate surface area is 139 Å². The van der Waals surface area contributed by atoms with Crippen molar-refractivity contribution >= 4 is 40.8 Å². The maximum Gasteiger partial charge on any atom is 0.309 e. The number of carboxylic acids is 1. The van der Waals surface area contributed by atoms with E-state index >= 15 is 0 Å². The second kappa shape index (κ2) is 5.74. The molecule has 1 aromatic carbocycles. The number of carbonyl (C=O) groups excluding carboxylic acids is 1. The van der Waals surface area contributed by atoms with Crippen LogP contribution in [0.25, 0.3) is 0 Å². The van der Waals surface area contributed by atoms with Gasteiger partial charge >= 0.3 is 5.97 Å². The van der Waals surface area contributed by atoms with E-state index in [0.717, 1.165) is 0 Å². The van der Waals surface area contributed by atoms with Crippen molar-refractivity contribution in [2.24, 2.45) is 16.7 Å². The van der Waals surface area contributed by atoms with Crippen LogP contribution in [0.4, 0.5) is 5.69 Å². The molecule has 0 unspecified atom stereocenters. The molecule has 4 nitrogen and oxygen atoms in total. The molecule has 0 heterocycles. The first kappa shape index (κ1) is 17.1. The summed E-state index contributed by atoms with van der Waals surface area (Å²) in [6.45, 7) is 5.39. The zero-order valence-corrected chi connectivity index (χ0v) is 14.3. The second-order valence-corrected chi connectivity index (χ2v) is 7.38. The molecule has 0 aromatic heterocycles. The highest BCUT2D eigenvalue weighted by molar-refractivity contribution is 6.42. The molecule has 0 radical (unpaired) electrons. The van der Waals surface area contributed by atoms with Gasteiger partial charge in [0.1, 0.15) is 0 Å². The number of nitrogens with one attached hydrogen (secondary N) is 1. The van der Waals surface area contributed by atoms with Gasteiger partial charge in [0.05, 0.1) is 15.5 Å². The molecule has 22 heavy (non-hydrogen) atoms. The van der Waals surface area contributed by atoms with Gasteiger partial charge in [0.2, 0.25) is 5.91 Å². The highest BCUT2D eigenvalue weighted by Gasteiger charge is 2.58. The summed E-state index contributed by atoms with van der Waals surface area (Å²) < 4.78 is 0. The van der Waals surface area contributed by atoms with Crippen molar-refractivity contribution in [1.82, 2.24) is 0 Å². The highest BCUT2D eigenvalue weighted by atomic mass is 35.5. The number of hydrogen-bond acceptors (Lipinski definition) is 2. The number of rotatable bonds is 3. The van der Waals surface area contributed by atoms with Crippen LogP contribution in [0.2, 0.25) is 10.0 Å². The van der Waals surface area contributed by atoms with Crippen molar-refractivity contribution in [3.8, 4) is 0 Å². The maximum absolute atomic E-state index is 12.6. The van der Waals surface area contributed by atoms with E-state index in [1.807, 2.05) is 13.8 Å². The summed E-state index contributed by atoms with van der Waals surface area (Å²) in [5, 5.41) is 13.1. The number of halogens is 2. The summed E-state index contributed by atoms with van der Waals surface area (Å²) in [6, 6.07) is 4.87. The molecule has 2 N–H and O–H groups in total. The van der Waals surface area contributed by atoms with Crippen LogP contribution in [0.5, 0.6) is 0 Å². The SMILES string of the molecule is CC1(C)[C@H](C(=O)Nc2ccc(Cl)c(Cl)c2)CC[C@@]1(C)C(=O)O. The van der Waals surface area contributed by atoms with Gasteiger partial charge in [0.25, 0.3) is 0 Å². The fourth-order valence-corrected chi connectivity index (χ4v) is 3.44. The molecule has 1 aliphatic rings. The van der Waals surface area contributed by atoms with Crippen molar-refractivity contribution in [2.45, 2.75) is 33.6 Å². The van der Waals surface area contributed by atoms with Gasteiger partial charge in [-0.15, -0.1) is 0 Å². The Morgan fingerprint density at radius 3 is 2.36 bits per heavy atom. The molecule has 0 aliphatic heterocycles. The molecule has 2 atom stereocenters. The number of hydrogen-bond donors (Lipinski definition) is 2.